The molecule has 7 heteroatoms. The molecule has 0 bridgehead atoms. The van der Waals surface area contributed by atoms with Crippen molar-refractivity contribution in [2.24, 2.45) is 0 Å². The van der Waals surface area contributed by atoms with Crippen molar-refractivity contribution in [2.45, 2.75) is 52.6 Å². The van der Waals surface area contributed by atoms with Crippen LogP contribution >= 0.6 is 11.8 Å². The van der Waals surface area contributed by atoms with Crippen LogP contribution < -0.4 is 10.9 Å². The van der Waals surface area contributed by atoms with Crippen LogP contribution in [0.25, 0.3) is 0 Å². The number of rotatable bonds is 9. The first kappa shape index (κ1) is 20.3. The van der Waals surface area contributed by atoms with Gasteiger partial charge in [0.2, 0.25) is 0 Å². The first-order valence-corrected chi connectivity index (χ1v) is 9.46. The SMILES string of the molecule is CCCCn1c(C)c(C)cc(C(=O)N[C@@H](CCSC)C(=O)O)c1=O. The highest BCUT2D eigenvalue weighted by molar-refractivity contribution is 7.98. The molecule has 134 valence electrons. The van der Waals surface area contributed by atoms with Crippen LogP contribution in [0.2, 0.25) is 0 Å². The Labute approximate surface area is 146 Å². The second kappa shape index (κ2) is 9.52. The molecule has 0 radical (unpaired) electrons. The number of nitrogens with zero attached hydrogens (tertiary/aromatic N) is 1. The van der Waals surface area contributed by atoms with E-state index >= 15 is 0 Å². The summed E-state index contributed by atoms with van der Waals surface area (Å²) in [7, 11) is 0. The van der Waals surface area contributed by atoms with Crippen LogP contribution in [0.4, 0.5) is 0 Å². The molecule has 1 aromatic rings. The molecule has 6 nitrogen and oxygen atoms in total. The van der Waals surface area contributed by atoms with E-state index in [0.717, 1.165) is 24.1 Å². The number of nitrogens with one attached hydrogen (secondary N) is 1. The minimum absolute atomic E-state index is 0.00426. The summed E-state index contributed by atoms with van der Waals surface area (Å²) in [6.45, 7) is 6.29. The van der Waals surface area contributed by atoms with E-state index < -0.39 is 17.9 Å². The Morgan fingerprint density at radius 3 is 2.58 bits per heavy atom. The molecular weight excluding hydrogens is 328 g/mol. The average Bonchev–Trinajstić information content (AvgIpc) is 2.54. The molecule has 1 atom stereocenters. The molecule has 1 amide bonds. The van der Waals surface area contributed by atoms with Gasteiger partial charge in [0.1, 0.15) is 11.6 Å². The van der Waals surface area contributed by atoms with E-state index in [9.17, 15) is 19.5 Å². The highest BCUT2D eigenvalue weighted by Crippen LogP contribution is 2.09. The number of aromatic nitrogens is 1. The number of thioether (sulfide) groups is 1. The number of unbranched alkanes of at least 4 members (excludes halogenated alkanes) is 1. The van der Waals surface area contributed by atoms with Gasteiger partial charge in [-0.3, -0.25) is 9.59 Å². The van der Waals surface area contributed by atoms with Gasteiger partial charge in [-0.15, -0.1) is 0 Å². The second-order valence-electron chi connectivity index (χ2n) is 5.78. The van der Waals surface area contributed by atoms with E-state index in [2.05, 4.69) is 5.32 Å². The van der Waals surface area contributed by atoms with Gasteiger partial charge in [-0.05, 0) is 50.3 Å². The summed E-state index contributed by atoms with van der Waals surface area (Å²) in [5.74, 6) is -1.10. The van der Waals surface area contributed by atoms with Crippen LogP contribution in [-0.4, -0.2) is 39.6 Å². The standard InChI is InChI=1S/C17H26N2O4S/c1-5-6-8-19-12(3)11(2)10-13(16(19)21)15(20)18-14(17(22)23)7-9-24-4/h10,14H,5-9H2,1-4H3,(H,18,20)(H,22,23)/t14-/m0/s1. The summed E-state index contributed by atoms with van der Waals surface area (Å²) in [6.07, 6.45) is 3.97. The Balaban J connectivity index is 3.11. The Kier molecular flexibility index (Phi) is 8.04. The molecule has 0 aromatic carbocycles. The monoisotopic (exact) mass is 354 g/mol. The van der Waals surface area contributed by atoms with Crippen molar-refractivity contribution >= 4 is 23.6 Å². The van der Waals surface area contributed by atoms with Gasteiger partial charge in [0, 0.05) is 12.2 Å². The van der Waals surface area contributed by atoms with Crippen LogP contribution in [-0.2, 0) is 11.3 Å². The van der Waals surface area contributed by atoms with Crippen molar-refractivity contribution in [2.75, 3.05) is 12.0 Å². The summed E-state index contributed by atoms with van der Waals surface area (Å²) in [5.41, 5.74) is 1.32. The zero-order valence-electron chi connectivity index (χ0n) is 14.7. The fourth-order valence-corrected chi connectivity index (χ4v) is 2.84. The van der Waals surface area contributed by atoms with E-state index in [0.29, 0.717) is 18.7 Å². The highest BCUT2D eigenvalue weighted by atomic mass is 32.2. The summed E-state index contributed by atoms with van der Waals surface area (Å²) in [5, 5.41) is 11.7. The fraction of sp³-hybridized carbons (Fsp3) is 0.588. The van der Waals surface area contributed by atoms with Gasteiger partial charge in [-0.1, -0.05) is 13.3 Å². The van der Waals surface area contributed by atoms with Gasteiger partial charge in [0.15, 0.2) is 0 Å². The van der Waals surface area contributed by atoms with Crippen LogP contribution in [0.15, 0.2) is 10.9 Å². The van der Waals surface area contributed by atoms with Crippen LogP contribution in [0.5, 0.6) is 0 Å². The van der Waals surface area contributed by atoms with E-state index in [4.69, 9.17) is 0 Å². The summed E-state index contributed by atoms with van der Waals surface area (Å²) in [6, 6.07) is 0.554. The maximum Gasteiger partial charge on any atom is 0.326 e. The number of aryl methyl sites for hydroxylation is 1. The predicted octanol–water partition coefficient (Wildman–Crippen LogP) is 2.20. The molecule has 0 saturated heterocycles. The van der Waals surface area contributed by atoms with Crippen LogP contribution in [0.1, 0.15) is 47.8 Å². The second-order valence-corrected chi connectivity index (χ2v) is 6.77. The molecule has 1 heterocycles. The van der Waals surface area contributed by atoms with Crippen molar-refractivity contribution in [3.8, 4) is 0 Å². The van der Waals surface area contributed by atoms with Crippen molar-refractivity contribution in [1.82, 2.24) is 9.88 Å². The molecule has 0 aliphatic heterocycles. The maximum absolute atomic E-state index is 12.6. The molecular formula is C17H26N2O4S. The highest BCUT2D eigenvalue weighted by Gasteiger charge is 2.23. The average molecular weight is 354 g/mol. The molecule has 2 N–H and O–H groups in total. The zero-order chi connectivity index (χ0) is 18.3. The zero-order valence-corrected chi connectivity index (χ0v) is 15.5. The lowest BCUT2D eigenvalue weighted by Gasteiger charge is -2.17. The van der Waals surface area contributed by atoms with E-state index in [1.165, 1.54) is 11.8 Å². The van der Waals surface area contributed by atoms with Gasteiger partial charge in [0.25, 0.3) is 11.5 Å². The third-order valence-corrected chi connectivity index (χ3v) is 4.65. The number of carboxylic acids is 1. The number of amides is 1. The predicted molar refractivity (Wildman–Crippen MR) is 97.0 cm³/mol. The molecule has 0 spiro atoms. The van der Waals surface area contributed by atoms with Crippen molar-refractivity contribution < 1.29 is 14.7 Å². The molecule has 0 aliphatic carbocycles. The minimum Gasteiger partial charge on any atom is -0.480 e. The third kappa shape index (κ3) is 5.12. The first-order valence-electron chi connectivity index (χ1n) is 8.07. The lowest BCUT2D eigenvalue weighted by molar-refractivity contribution is -0.139. The fourth-order valence-electron chi connectivity index (χ4n) is 2.37. The Hall–Kier alpha value is -1.76. The molecule has 0 unspecified atom stereocenters. The topological polar surface area (TPSA) is 88.4 Å². The third-order valence-electron chi connectivity index (χ3n) is 4.01. The number of carbonyl (C=O) groups is 2. The van der Waals surface area contributed by atoms with Crippen LogP contribution in [0.3, 0.4) is 0 Å². The van der Waals surface area contributed by atoms with Crippen molar-refractivity contribution in [1.29, 1.82) is 0 Å². The Morgan fingerprint density at radius 2 is 2.04 bits per heavy atom. The van der Waals surface area contributed by atoms with Gasteiger partial charge >= 0.3 is 5.97 Å². The minimum atomic E-state index is -1.09. The van der Waals surface area contributed by atoms with E-state index in [1.54, 1.807) is 10.6 Å². The normalized spacial score (nSPS) is 12.0. The van der Waals surface area contributed by atoms with Gasteiger partial charge in [-0.2, -0.15) is 11.8 Å². The number of carboxylic acid groups (broad SMARTS) is 1. The van der Waals surface area contributed by atoms with Gasteiger partial charge < -0.3 is 15.0 Å². The molecule has 1 aromatic heterocycles. The number of hydrogen-bond acceptors (Lipinski definition) is 4. The Bertz CT molecular complexity index is 655. The lowest BCUT2D eigenvalue weighted by Crippen LogP contribution is -2.43. The maximum atomic E-state index is 12.6. The number of aliphatic carboxylic acids is 1. The number of carbonyl (C=O) groups excluding carboxylic acids is 1. The molecule has 0 aliphatic rings. The molecule has 0 fully saturated rings. The van der Waals surface area contributed by atoms with E-state index in [-0.39, 0.29) is 11.1 Å². The number of pyridine rings is 1. The van der Waals surface area contributed by atoms with Gasteiger partial charge in [-0.25, -0.2) is 4.79 Å². The van der Waals surface area contributed by atoms with Crippen molar-refractivity contribution in [3.05, 3.63) is 33.2 Å². The summed E-state index contributed by atoms with van der Waals surface area (Å²) < 4.78 is 1.60. The molecule has 0 saturated carbocycles. The lowest BCUT2D eigenvalue weighted by atomic mass is 10.1. The van der Waals surface area contributed by atoms with Crippen molar-refractivity contribution in [3.63, 3.8) is 0 Å². The van der Waals surface area contributed by atoms with Crippen LogP contribution in [0, 0.1) is 13.8 Å². The first-order chi connectivity index (χ1) is 11.3. The summed E-state index contributed by atoms with van der Waals surface area (Å²) >= 11 is 1.51. The Morgan fingerprint density at radius 1 is 1.38 bits per heavy atom. The smallest absolute Gasteiger partial charge is 0.326 e. The largest absolute Gasteiger partial charge is 0.480 e. The quantitative estimate of drug-likeness (QED) is 0.710. The van der Waals surface area contributed by atoms with Gasteiger partial charge in [0.05, 0.1) is 0 Å². The summed E-state index contributed by atoms with van der Waals surface area (Å²) in [4.78, 5) is 36.3. The molecule has 1 rings (SSSR count). The van der Waals surface area contributed by atoms with E-state index in [1.807, 2.05) is 27.0 Å². The number of hydrogen-bond donors (Lipinski definition) is 2. The molecule has 24 heavy (non-hydrogen) atoms.